The van der Waals surface area contributed by atoms with Gasteiger partial charge in [0.1, 0.15) is 18.0 Å². The van der Waals surface area contributed by atoms with Gasteiger partial charge >= 0.3 is 0 Å². The molecule has 43 heavy (non-hydrogen) atoms. The van der Waals surface area contributed by atoms with Gasteiger partial charge in [-0.05, 0) is 42.5 Å². The van der Waals surface area contributed by atoms with Crippen LogP contribution in [0, 0.1) is 0 Å². The summed E-state index contributed by atoms with van der Waals surface area (Å²) in [5, 5.41) is 22.3. The SMILES string of the molecule is NC(=O)[C@@H]1CCNC(=O)/C=C/C(=O)N2CCC[C@H]2CC(=O)N[C@@H](Cc2ccco2)C(O)NCc2ccccc2CC(=O)N1. The maximum atomic E-state index is 13.1. The number of hydrogen-bond donors (Lipinski definition) is 6. The fourth-order valence-corrected chi connectivity index (χ4v) is 5.31. The molecule has 0 saturated carbocycles. The highest BCUT2D eigenvalue weighted by molar-refractivity contribution is 5.97. The van der Waals surface area contributed by atoms with E-state index >= 15 is 0 Å². The Kier molecular flexibility index (Phi) is 11.1. The summed E-state index contributed by atoms with van der Waals surface area (Å²) >= 11 is 0. The number of nitrogens with one attached hydrogen (secondary N) is 4. The molecule has 3 heterocycles. The van der Waals surface area contributed by atoms with Crippen molar-refractivity contribution >= 4 is 29.5 Å². The maximum Gasteiger partial charge on any atom is 0.247 e. The van der Waals surface area contributed by atoms with E-state index in [1.54, 1.807) is 41.3 Å². The summed E-state index contributed by atoms with van der Waals surface area (Å²) in [6, 6.07) is 8.47. The van der Waals surface area contributed by atoms with Crippen LogP contribution in [0.5, 0.6) is 0 Å². The van der Waals surface area contributed by atoms with Crippen LogP contribution in [0.2, 0.25) is 0 Å². The van der Waals surface area contributed by atoms with Gasteiger partial charge in [0, 0.05) is 50.7 Å². The quantitative estimate of drug-likeness (QED) is 0.270. The fourth-order valence-electron chi connectivity index (χ4n) is 5.31. The highest BCUT2D eigenvalue weighted by Crippen LogP contribution is 2.21. The normalized spacial score (nSPS) is 25.7. The largest absolute Gasteiger partial charge is 0.469 e. The topological polar surface area (TPSA) is 196 Å². The summed E-state index contributed by atoms with van der Waals surface area (Å²) in [5.74, 6) is -1.91. The third kappa shape index (κ3) is 9.25. The van der Waals surface area contributed by atoms with E-state index in [0.717, 1.165) is 17.7 Å². The molecule has 5 amide bonds. The Labute approximate surface area is 249 Å². The van der Waals surface area contributed by atoms with Crippen LogP contribution in [-0.4, -0.2) is 77.0 Å². The van der Waals surface area contributed by atoms with Crippen LogP contribution in [0.15, 0.2) is 59.2 Å². The Morgan fingerprint density at radius 3 is 2.53 bits per heavy atom. The average molecular weight is 595 g/mol. The summed E-state index contributed by atoms with van der Waals surface area (Å²) in [6.07, 6.45) is 4.14. The van der Waals surface area contributed by atoms with Crippen LogP contribution in [-0.2, 0) is 43.4 Å². The predicted octanol–water partition coefficient (Wildman–Crippen LogP) is -0.615. The second kappa shape index (κ2) is 15.1. The number of nitrogens with zero attached hydrogens (tertiary/aromatic N) is 1. The minimum Gasteiger partial charge on any atom is -0.469 e. The van der Waals surface area contributed by atoms with Crippen molar-refractivity contribution in [2.24, 2.45) is 5.73 Å². The van der Waals surface area contributed by atoms with E-state index in [1.807, 2.05) is 0 Å². The molecule has 1 aromatic carbocycles. The number of rotatable bonds is 3. The van der Waals surface area contributed by atoms with Gasteiger partial charge in [-0.15, -0.1) is 0 Å². The van der Waals surface area contributed by atoms with Crippen LogP contribution in [0.4, 0.5) is 0 Å². The fraction of sp³-hybridized carbons (Fsp3) is 0.433. The standard InChI is InChI=1S/C30H38N6O7/c31-29(41)23-11-12-32-25(37)9-10-28(40)36-13-3-7-21(36)16-27(39)35-24(17-22-8-4-14-43-22)30(42)33-18-20-6-2-1-5-19(20)15-26(38)34-23/h1-2,4-6,8-10,14,21,23-24,30,33,42H,3,7,11-13,15-18H2,(H2,31,41)(H,32,37)(H,34,38)(H,35,39)/b10-9+/t21-,23-,24-,30?/m0/s1. The van der Waals surface area contributed by atoms with E-state index in [0.29, 0.717) is 30.7 Å². The molecule has 1 unspecified atom stereocenters. The zero-order chi connectivity index (χ0) is 30.8. The maximum absolute atomic E-state index is 13.1. The second-order valence-electron chi connectivity index (χ2n) is 10.7. The zero-order valence-electron chi connectivity index (χ0n) is 23.8. The van der Waals surface area contributed by atoms with Crippen molar-refractivity contribution in [3.05, 3.63) is 71.7 Å². The van der Waals surface area contributed by atoms with Crippen molar-refractivity contribution in [3.8, 4) is 0 Å². The Bertz CT molecular complexity index is 1330. The number of primary amides is 1. The Hall–Kier alpha value is -4.49. The molecule has 13 nitrogen and oxygen atoms in total. The second-order valence-corrected chi connectivity index (χ2v) is 10.7. The van der Waals surface area contributed by atoms with Gasteiger partial charge in [-0.2, -0.15) is 0 Å². The van der Waals surface area contributed by atoms with Crippen molar-refractivity contribution in [1.29, 1.82) is 0 Å². The van der Waals surface area contributed by atoms with Gasteiger partial charge in [-0.3, -0.25) is 29.3 Å². The Balaban J connectivity index is 1.56. The highest BCUT2D eigenvalue weighted by atomic mass is 16.3. The van der Waals surface area contributed by atoms with Gasteiger partial charge in [0.2, 0.25) is 29.5 Å². The first kappa shape index (κ1) is 31.4. The first-order valence-corrected chi connectivity index (χ1v) is 14.3. The highest BCUT2D eigenvalue weighted by Gasteiger charge is 2.31. The van der Waals surface area contributed by atoms with Crippen molar-refractivity contribution in [2.45, 2.75) is 69.4 Å². The smallest absolute Gasteiger partial charge is 0.247 e. The van der Waals surface area contributed by atoms with E-state index in [4.69, 9.17) is 10.2 Å². The lowest BCUT2D eigenvalue weighted by Gasteiger charge is -2.27. The summed E-state index contributed by atoms with van der Waals surface area (Å²) < 4.78 is 5.45. The number of furan rings is 1. The monoisotopic (exact) mass is 594 g/mol. The number of fused-ring (bicyclic) bond motifs is 2. The van der Waals surface area contributed by atoms with Gasteiger partial charge in [-0.1, -0.05) is 24.3 Å². The molecular weight excluding hydrogens is 556 g/mol. The number of benzene rings is 1. The number of aliphatic hydroxyl groups is 1. The van der Waals surface area contributed by atoms with E-state index < -0.39 is 41.9 Å². The lowest BCUT2D eigenvalue weighted by Crippen LogP contribution is -2.52. The molecule has 1 aromatic heterocycles. The average Bonchev–Trinajstić information content (AvgIpc) is 3.66. The molecule has 0 spiro atoms. The molecule has 2 aliphatic heterocycles. The minimum atomic E-state index is -1.18. The molecule has 13 heteroatoms. The Morgan fingerprint density at radius 1 is 1.00 bits per heavy atom. The number of aliphatic hydroxyl groups excluding tert-OH is 1. The number of hydrogen-bond acceptors (Lipinski definition) is 8. The van der Waals surface area contributed by atoms with E-state index in [1.165, 1.54) is 6.26 Å². The molecule has 4 atom stereocenters. The first-order valence-electron chi connectivity index (χ1n) is 14.3. The summed E-state index contributed by atoms with van der Waals surface area (Å²) in [5.41, 5.74) is 6.89. The van der Waals surface area contributed by atoms with E-state index in [9.17, 15) is 29.1 Å². The van der Waals surface area contributed by atoms with Crippen LogP contribution in [0.3, 0.4) is 0 Å². The minimum absolute atomic E-state index is 0.0274. The Morgan fingerprint density at radius 2 is 1.79 bits per heavy atom. The van der Waals surface area contributed by atoms with Crippen LogP contribution in [0.25, 0.3) is 0 Å². The summed E-state index contributed by atoms with van der Waals surface area (Å²) in [6.45, 7) is 0.662. The van der Waals surface area contributed by atoms with Gasteiger partial charge in [0.05, 0.1) is 18.7 Å². The van der Waals surface area contributed by atoms with Gasteiger partial charge < -0.3 is 36.1 Å². The third-order valence-electron chi connectivity index (χ3n) is 7.57. The van der Waals surface area contributed by atoms with Gasteiger partial charge in [0.25, 0.3) is 0 Å². The number of amides is 5. The molecule has 7 N–H and O–H groups in total. The predicted molar refractivity (Wildman–Crippen MR) is 155 cm³/mol. The van der Waals surface area contributed by atoms with Crippen molar-refractivity contribution < 1.29 is 33.5 Å². The number of nitrogens with two attached hydrogens (primary N) is 1. The molecule has 1 fully saturated rings. The van der Waals surface area contributed by atoms with Crippen molar-refractivity contribution in [2.75, 3.05) is 13.1 Å². The first-order chi connectivity index (χ1) is 20.7. The molecule has 1 saturated heterocycles. The van der Waals surface area contributed by atoms with Gasteiger partial charge in [0.15, 0.2) is 0 Å². The number of carbonyl (C=O) groups is 5. The molecule has 2 aromatic rings. The lowest BCUT2D eigenvalue weighted by molar-refractivity contribution is -0.129. The van der Waals surface area contributed by atoms with Crippen molar-refractivity contribution in [1.82, 2.24) is 26.2 Å². The summed E-state index contributed by atoms with van der Waals surface area (Å²) in [4.78, 5) is 64.7. The molecule has 230 valence electrons. The van der Waals surface area contributed by atoms with E-state index in [-0.39, 0.29) is 50.7 Å². The molecule has 0 bridgehead atoms. The van der Waals surface area contributed by atoms with Crippen molar-refractivity contribution in [3.63, 3.8) is 0 Å². The van der Waals surface area contributed by atoms with Crippen LogP contribution < -0.4 is 27.0 Å². The third-order valence-corrected chi connectivity index (χ3v) is 7.57. The molecular formula is C30H38N6O7. The number of carbonyl (C=O) groups excluding carboxylic acids is 5. The van der Waals surface area contributed by atoms with Crippen LogP contribution in [0.1, 0.15) is 42.6 Å². The van der Waals surface area contributed by atoms with E-state index in [2.05, 4.69) is 21.3 Å². The molecule has 2 aliphatic rings. The molecule has 0 aliphatic carbocycles. The van der Waals surface area contributed by atoms with Crippen LogP contribution >= 0.6 is 0 Å². The lowest BCUT2D eigenvalue weighted by atomic mass is 10.0. The molecule has 0 radical (unpaired) electrons. The van der Waals surface area contributed by atoms with Gasteiger partial charge in [-0.25, -0.2) is 0 Å². The zero-order valence-corrected chi connectivity index (χ0v) is 23.8. The molecule has 4 rings (SSSR count). The summed E-state index contributed by atoms with van der Waals surface area (Å²) in [7, 11) is 0.